The van der Waals surface area contributed by atoms with E-state index in [1.54, 1.807) is 12.1 Å². The highest BCUT2D eigenvalue weighted by molar-refractivity contribution is 9.10. The molecule has 110 valence electrons. The number of likely N-dealkylation sites (tertiary alicyclic amines) is 1. The molecule has 0 spiro atoms. The van der Waals surface area contributed by atoms with Gasteiger partial charge in [-0.15, -0.1) is 0 Å². The molecule has 21 heavy (non-hydrogen) atoms. The summed E-state index contributed by atoms with van der Waals surface area (Å²) in [6, 6.07) is 13.6. The van der Waals surface area contributed by atoms with Crippen molar-refractivity contribution in [1.82, 2.24) is 4.90 Å². The first-order chi connectivity index (χ1) is 10.1. The standard InChI is InChI=1S/C17H17BrClNO/c1-20-9-14(12-4-2-3-5-16(12)18)15(10-20)13-8-11(19)6-7-17(13)21/h2-8,14-15,21H,9-10H2,1H3/t14-,15-/m1/s1. The van der Waals surface area contributed by atoms with Crippen molar-refractivity contribution in [2.75, 3.05) is 20.1 Å². The van der Waals surface area contributed by atoms with Gasteiger partial charge in [0.15, 0.2) is 0 Å². The molecular weight excluding hydrogens is 350 g/mol. The van der Waals surface area contributed by atoms with Crippen LogP contribution in [-0.4, -0.2) is 30.1 Å². The van der Waals surface area contributed by atoms with Crippen LogP contribution in [0.15, 0.2) is 46.9 Å². The third-order valence-electron chi connectivity index (χ3n) is 4.20. The molecule has 0 saturated carbocycles. The topological polar surface area (TPSA) is 23.5 Å². The number of rotatable bonds is 2. The first-order valence-electron chi connectivity index (χ1n) is 6.97. The van der Waals surface area contributed by atoms with Gasteiger partial charge in [0.2, 0.25) is 0 Å². The fourth-order valence-corrected chi connectivity index (χ4v) is 3.99. The molecule has 0 unspecified atom stereocenters. The summed E-state index contributed by atoms with van der Waals surface area (Å²) < 4.78 is 1.12. The van der Waals surface area contributed by atoms with Gasteiger partial charge in [-0.05, 0) is 36.9 Å². The van der Waals surface area contributed by atoms with Crippen molar-refractivity contribution in [2.24, 2.45) is 0 Å². The van der Waals surface area contributed by atoms with Crippen molar-refractivity contribution in [3.8, 4) is 5.75 Å². The average molecular weight is 367 g/mol. The summed E-state index contributed by atoms with van der Waals surface area (Å²) in [4.78, 5) is 2.30. The molecule has 0 bridgehead atoms. The summed E-state index contributed by atoms with van der Waals surface area (Å²) >= 11 is 9.77. The lowest BCUT2D eigenvalue weighted by molar-refractivity contribution is 0.405. The van der Waals surface area contributed by atoms with Gasteiger partial charge < -0.3 is 10.0 Å². The number of halogens is 2. The highest BCUT2D eigenvalue weighted by Gasteiger charge is 2.35. The number of nitrogens with zero attached hydrogens (tertiary/aromatic N) is 1. The van der Waals surface area contributed by atoms with Crippen LogP contribution in [0.4, 0.5) is 0 Å². The van der Waals surface area contributed by atoms with Crippen LogP contribution in [-0.2, 0) is 0 Å². The molecule has 1 N–H and O–H groups in total. The number of hydrogen-bond donors (Lipinski definition) is 1. The maximum atomic E-state index is 10.2. The minimum absolute atomic E-state index is 0.243. The van der Waals surface area contributed by atoms with Gasteiger partial charge in [-0.25, -0.2) is 0 Å². The largest absolute Gasteiger partial charge is 0.508 e. The average Bonchev–Trinajstić information content (AvgIpc) is 2.83. The van der Waals surface area contributed by atoms with E-state index >= 15 is 0 Å². The number of likely N-dealkylation sites (N-methyl/N-ethyl adjacent to an activating group) is 1. The second-order valence-electron chi connectivity index (χ2n) is 5.66. The zero-order chi connectivity index (χ0) is 15.0. The smallest absolute Gasteiger partial charge is 0.119 e. The summed E-state index contributed by atoms with van der Waals surface area (Å²) in [5, 5.41) is 10.9. The molecule has 4 heteroatoms. The zero-order valence-corrected chi connectivity index (χ0v) is 14.1. The highest BCUT2D eigenvalue weighted by atomic mass is 79.9. The first kappa shape index (κ1) is 14.9. The van der Waals surface area contributed by atoms with Crippen LogP contribution in [0, 0.1) is 0 Å². The number of benzene rings is 2. The normalized spacial score (nSPS) is 22.6. The van der Waals surface area contributed by atoms with Crippen LogP contribution >= 0.6 is 27.5 Å². The van der Waals surface area contributed by atoms with Gasteiger partial charge in [-0.3, -0.25) is 0 Å². The van der Waals surface area contributed by atoms with Crippen molar-refractivity contribution in [3.05, 3.63) is 63.1 Å². The van der Waals surface area contributed by atoms with Crippen LogP contribution in [0.5, 0.6) is 5.75 Å². The Kier molecular flexibility index (Phi) is 4.25. The van der Waals surface area contributed by atoms with Gasteiger partial charge in [0.05, 0.1) is 0 Å². The van der Waals surface area contributed by atoms with E-state index in [4.69, 9.17) is 11.6 Å². The van der Waals surface area contributed by atoms with E-state index in [-0.39, 0.29) is 5.92 Å². The molecule has 2 aromatic rings. The lowest BCUT2D eigenvalue weighted by Gasteiger charge is -2.21. The Bertz CT molecular complexity index is 661. The van der Waals surface area contributed by atoms with Gasteiger partial charge in [0.25, 0.3) is 0 Å². The van der Waals surface area contributed by atoms with Crippen molar-refractivity contribution in [2.45, 2.75) is 11.8 Å². The molecule has 2 atom stereocenters. The minimum Gasteiger partial charge on any atom is -0.508 e. The van der Waals surface area contributed by atoms with E-state index < -0.39 is 0 Å². The fraction of sp³-hybridized carbons (Fsp3) is 0.294. The Morgan fingerprint density at radius 1 is 1.10 bits per heavy atom. The maximum absolute atomic E-state index is 10.2. The molecule has 1 aliphatic heterocycles. The predicted octanol–water partition coefficient (Wildman–Crippen LogP) is 4.62. The van der Waals surface area contributed by atoms with E-state index in [0.29, 0.717) is 16.7 Å². The molecule has 1 aliphatic rings. The predicted molar refractivity (Wildman–Crippen MR) is 90.2 cm³/mol. The second-order valence-corrected chi connectivity index (χ2v) is 6.95. The Balaban J connectivity index is 2.04. The Morgan fingerprint density at radius 2 is 1.76 bits per heavy atom. The van der Waals surface area contributed by atoms with Gasteiger partial charge >= 0.3 is 0 Å². The second kappa shape index (κ2) is 5.99. The van der Waals surface area contributed by atoms with Gasteiger partial charge in [-0.2, -0.15) is 0 Å². The van der Waals surface area contributed by atoms with Crippen LogP contribution in [0.25, 0.3) is 0 Å². The van der Waals surface area contributed by atoms with Crippen molar-refractivity contribution < 1.29 is 5.11 Å². The third-order valence-corrected chi connectivity index (χ3v) is 5.15. The molecule has 1 heterocycles. The molecule has 0 amide bonds. The van der Waals surface area contributed by atoms with Crippen molar-refractivity contribution in [1.29, 1.82) is 0 Å². The minimum atomic E-state index is 0.243. The Morgan fingerprint density at radius 3 is 2.48 bits per heavy atom. The fourth-order valence-electron chi connectivity index (χ4n) is 3.23. The van der Waals surface area contributed by atoms with Crippen LogP contribution in [0.2, 0.25) is 5.02 Å². The van der Waals surface area contributed by atoms with Gasteiger partial charge in [0.1, 0.15) is 5.75 Å². The van der Waals surface area contributed by atoms with Gasteiger partial charge in [-0.1, -0.05) is 45.7 Å². The SMILES string of the molecule is CN1C[C@H](c2cc(Cl)ccc2O)[C@@H](c2ccccc2Br)C1. The van der Waals surface area contributed by atoms with Crippen LogP contribution in [0.3, 0.4) is 0 Å². The zero-order valence-electron chi connectivity index (χ0n) is 11.8. The monoisotopic (exact) mass is 365 g/mol. The molecule has 0 radical (unpaired) electrons. The number of hydrogen-bond acceptors (Lipinski definition) is 2. The molecule has 2 nitrogen and oxygen atoms in total. The van der Waals surface area contributed by atoms with Gasteiger partial charge in [0, 0.05) is 40.0 Å². The van der Waals surface area contributed by atoms with E-state index in [1.807, 2.05) is 12.1 Å². The summed E-state index contributed by atoms with van der Waals surface area (Å²) in [5.41, 5.74) is 2.22. The lowest BCUT2D eigenvalue weighted by Crippen LogP contribution is -2.13. The van der Waals surface area contributed by atoms with E-state index in [9.17, 15) is 5.11 Å². The maximum Gasteiger partial charge on any atom is 0.119 e. The van der Waals surface area contributed by atoms with E-state index in [2.05, 4.69) is 46.1 Å². The quantitative estimate of drug-likeness (QED) is 0.838. The molecular formula is C17H17BrClNO. The van der Waals surface area contributed by atoms with Crippen molar-refractivity contribution in [3.63, 3.8) is 0 Å². The first-order valence-corrected chi connectivity index (χ1v) is 8.14. The van der Waals surface area contributed by atoms with Crippen molar-refractivity contribution >= 4 is 27.5 Å². The number of phenols is 1. The molecule has 3 rings (SSSR count). The number of phenolic OH excluding ortho intramolecular Hbond substituents is 1. The summed E-state index contributed by atoms with van der Waals surface area (Å²) in [6.07, 6.45) is 0. The Labute approximate surface area is 138 Å². The molecule has 0 aromatic heterocycles. The highest BCUT2D eigenvalue weighted by Crippen LogP contribution is 2.44. The summed E-state index contributed by atoms with van der Waals surface area (Å²) in [7, 11) is 2.12. The lowest BCUT2D eigenvalue weighted by atomic mass is 9.84. The molecule has 1 saturated heterocycles. The van der Waals surface area contributed by atoms with E-state index in [0.717, 1.165) is 23.1 Å². The molecule has 0 aliphatic carbocycles. The number of aromatic hydroxyl groups is 1. The van der Waals surface area contributed by atoms with Crippen LogP contribution in [0.1, 0.15) is 23.0 Å². The molecule has 2 aromatic carbocycles. The summed E-state index contributed by atoms with van der Waals surface area (Å²) in [6.45, 7) is 1.89. The summed E-state index contributed by atoms with van der Waals surface area (Å²) in [5.74, 6) is 0.916. The molecule has 1 fully saturated rings. The van der Waals surface area contributed by atoms with E-state index in [1.165, 1.54) is 5.56 Å². The Hall–Kier alpha value is -1.03. The van der Waals surface area contributed by atoms with Crippen LogP contribution < -0.4 is 0 Å². The third kappa shape index (κ3) is 2.96.